The molecular weight excluding hydrogens is 345 g/mol. The van der Waals surface area contributed by atoms with E-state index in [1.807, 2.05) is 17.0 Å². The minimum absolute atomic E-state index is 0.202. The first-order chi connectivity index (χ1) is 13.2. The van der Waals surface area contributed by atoms with Crippen LogP contribution in [0.5, 0.6) is 0 Å². The van der Waals surface area contributed by atoms with Crippen LogP contribution in [0.2, 0.25) is 0 Å². The van der Waals surface area contributed by atoms with E-state index in [-0.39, 0.29) is 11.7 Å². The number of halogens is 1. The van der Waals surface area contributed by atoms with E-state index in [4.69, 9.17) is 0 Å². The highest BCUT2D eigenvalue weighted by Crippen LogP contribution is 2.16. The fourth-order valence-corrected chi connectivity index (χ4v) is 3.62. The Bertz CT molecular complexity index is 758. The van der Waals surface area contributed by atoms with Crippen LogP contribution in [0.4, 0.5) is 10.3 Å². The number of aromatic nitrogens is 2. The van der Waals surface area contributed by atoms with Gasteiger partial charge in [-0.1, -0.05) is 12.1 Å². The summed E-state index contributed by atoms with van der Waals surface area (Å²) in [4.78, 5) is 26.8. The standard InChI is InChI=1S/C20H24FN5O/c21-17-4-2-16(3-5-17)14-26(18-6-7-18)15-19(27)24-10-12-25(13-11-24)20-22-8-1-9-23-20/h1-5,8-9,18H,6-7,10-15H2/p+1. The van der Waals surface area contributed by atoms with Crippen molar-refractivity contribution in [3.05, 3.63) is 54.1 Å². The molecule has 1 aromatic carbocycles. The number of benzene rings is 1. The quantitative estimate of drug-likeness (QED) is 0.805. The molecule has 27 heavy (non-hydrogen) atoms. The molecule has 1 aliphatic carbocycles. The summed E-state index contributed by atoms with van der Waals surface area (Å²) in [6.45, 7) is 4.19. The smallest absolute Gasteiger partial charge is 0.277 e. The molecular formula is C20H25FN5O+. The third-order valence-corrected chi connectivity index (χ3v) is 5.34. The van der Waals surface area contributed by atoms with E-state index in [1.54, 1.807) is 18.5 Å². The predicted octanol–water partition coefficient (Wildman–Crippen LogP) is 0.512. The minimum atomic E-state index is -0.219. The van der Waals surface area contributed by atoms with Crippen molar-refractivity contribution in [2.75, 3.05) is 37.6 Å². The Morgan fingerprint density at radius 2 is 1.74 bits per heavy atom. The van der Waals surface area contributed by atoms with Gasteiger partial charge in [-0.15, -0.1) is 0 Å². The number of quaternary nitrogens is 1. The molecule has 142 valence electrons. The first-order valence-electron chi connectivity index (χ1n) is 9.58. The van der Waals surface area contributed by atoms with Crippen LogP contribution >= 0.6 is 0 Å². The van der Waals surface area contributed by atoms with Crippen LogP contribution in [-0.4, -0.2) is 59.5 Å². The third-order valence-electron chi connectivity index (χ3n) is 5.34. The van der Waals surface area contributed by atoms with Gasteiger partial charge in [0.15, 0.2) is 6.54 Å². The molecule has 1 saturated carbocycles. The van der Waals surface area contributed by atoms with E-state index < -0.39 is 0 Å². The molecule has 0 spiro atoms. The van der Waals surface area contributed by atoms with Crippen LogP contribution < -0.4 is 9.80 Å². The lowest BCUT2D eigenvalue weighted by Gasteiger charge is -2.35. The number of rotatable bonds is 6. The fourth-order valence-electron chi connectivity index (χ4n) is 3.62. The average molecular weight is 370 g/mol. The fraction of sp³-hybridized carbons (Fsp3) is 0.450. The molecule has 0 radical (unpaired) electrons. The Kier molecular flexibility index (Phi) is 5.29. The first kappa shape index (κ1) is 17.9. The van der Waals surface area contributed by atoms with Crippen molar-refractivity contribution in [3.63, 3.8) is 0 Å². The second-order valence-corrected chi connectivity index (χ2v) is 7.33. The second-order valence-electron chi connectivity index (χ2n) is 7.33. The van der Waals surface area contributed by atoms with Crippen LogP contribution in [0.15, 0.2) is 42.7 Å². The summed E-state index contributed by atoms with van der Waals surface area (Å²) < 4.78 is 13.1. The van der Waals surface area contributed by atoms with Gasteiger partial charge in [0, 0.05) is 57.0 Å². The van der Waals surface area contributed by atoms with Crippen molar-refractivity contribution in [3.8, 4) is 0 Å². The molecule has 1 N–H and O–H groups in total. The van der Waals surface area contributed by atoms with Crippen molar-refractivity contribution in [1.82, 2.24) is 14.9 Å². The van der Waals surface area contributed by atoms with Gasteiger partial charge in [-0.2, -0.15) is 0 Å². The Morgan fingerprint density at radius 3 is 2.37 bits per heavy atom. The zero-order chi connectivity index (χ0) is 18.6. The number of nitrogens with zero attached hydrogens (tertiary/aromatic N) is 4. The van der Waals surface area contributed by atoms with Crippen LogP contribution in [0.1, 0.15) is 18.4 Å². The van der Waals surface area contributed by atoms with E-state index >= 15 is 0 Å². The number of amides is 1. The largest absolute Gasteiger partial charge is 0.337 e. The van der Waals surface area contributed by atoms with Gasteiger partial charge in [0.1, 0.15) is 12.4 Å². The van der Waals surface area contributed by atoms with Gasteiger partial charge in [0.25, 0.3) is 5.91 Å². The maximum atomic E-state index is 13.1. The Labute approximate surface area is 158 Å². The van der Waals surface area contributed by atoms with Gasteiger partial charge in [-0.05, 0) is 18.2 Å². The van der Waals surface area contributed by atoms with Gasteiger partial charge in [0.2, 0.25) is 5.95 Å². The molecule has 1 amide bonds. The number of nitrogens with one attached hydrogen (secondary N) is 1. The van der Waals surface area contributed by atoms with Gasteiger partial charge in [0.05, 0.1) is 6.04 Å². The lowest BCUT2D eigenvalue weighted by atomic mass is 10.2. The summed E-state index contributed by atoms with van der Waals surface area (Å²) in [5.41, 5.74) is 1.08. The van der Waals surface area contributed by atoms with Crippen LogP contribution in [0.25, 0.3) is 0 Å². The zero-order valence-corrected chi connectivity index (χ0v) is 15.4. The lowest BCUT2D eigenvalue weighted by molar-refractivity contribution is -0.917. The molecule has 1 aromatic heterocycles. The van der Waals surface area contributed by atoms with Gasteiger partial charge in [-0.25, -0.2) is 14.4 Å². The summed E-state index contributed by atoms with van der Waals surface area (Å²) in [5.74, 6) is 0.710. The van der Waals surface area contributed by atoms with Crippen molar-refractivity contribution >= 4 is 11.9 Å². The molecule has 6 nitrogen and oxygen atoms in total. The molecule has 0 bridgehead atoms. The second kappa shape index (κ2) is 8.00. The van der Waals surface area contributed by atoms with E-state index in [1.165, 1.54) is 29.9 Å². The number of piperazine rings is 1. The molecule has 1 saturated heterocycles. The summed E-state index contributed by atoms with van der Waals surface area (Å²) in [5, 5.41) is 0. The number of carbonyl (C=O) groups is 1. The molecule has 2 aliphatic rings. The Morgan fingerprint density at radius 1 is 1.07 bits per heavy atom. The topological polar surface area (TPSA) is 53.8 Å². The zero-order valence-electron chi connectivity index (χ0n) is 15.4. The highest BCUT2D eigenvalue weighted by Gasteiger charge is 2.36. The molecule has 2 heterocycles. The normalized spacial score (nSPS) is 18.4. The lowest BCUT2D eigenvalue weighted by Crippen LogP contribution is -3.13. The van der Waals surface area contributed by atoms with E-state index in [2.05, 4.69) is 14.9 Å². The molecule has 7 heteroatoms. The molecule has 4 rings (SSSR count). The maximum absolute atomic E-state index is 13.1. The number of hydrogen-bond donors (Lipinski definition) is 1. The predicted molar refractivity (Wildman–Crippen MR) is 99.8 cm³/mol. The van der Waals surface area contributed by atoms with Crippen molar-refractivity contribution in [2.45, 2.75) is 25.4 Å². The third kappa shape index (κ3) is 4.60. The molecule has 1 aliphatic heterocycles. The number of carbonyl (C=O) groups excluding carboxylic acids is 1. The Hall–Kier alpha value is -2.54. The first-order valence-corrected chi connectivity index (χ1v) is 9.58. The van der Waals surface area contributed by atoms with Gasteiger partial charge in [-0.3, -0.25) is 4.79 Å². The van der Waals surface area contributed by atoms with Crippen molar-refractivity contribution in [1.29, 1.82) is 0 Å². The molecule has 2 fully saturated rings. The summed E-state index contributed by atoms with van der Waals surface area (Å²) in [6, 6.07) is 8.98. The average Bonchev–Trinajstić information content (AvgIpc) is 3.55. The maximum Gasteiger partial charge on any atom is 0.277 e. The monoisotopic (exact) mass is 370 g/mol. The Balaban J connectivity index is 1.31. The highest BCUT2D eigenvalue weighted by atomic mass is 19.1. The summed E-state index contributed by atoms with van der Waals surface area (Å²) >= 11 is 0. The van der Waals surface area contributed by atoms with E-state index in [0.717, 1.165) is 31.1 Å². The van der Waals surface area contributed by atoms with Crippen molar-refractivity contribution in [2.24, 2.45) is 0 Å². The van der Waals surface area contributed by atoms with Gasteiger partial charge < -0.3 is 14.7 Å². The molecule has 1 unspecified atom stereocenters. The molecule has 2 aromatic rings. The summed E-state index contributed by atoms with van der Waals surface area (Å²) in [6.07, 6.45) is 5.82. The SMILES string of the molecule is O=C(C[NH+](Cc1ccc(F)cc1)C1CC1)N1CCN(c2ncccn2)CC1. The van der Waals surface area contributed by atoms with Crippen LogP contribution in [0, 0.1) is 5.82 Å². The number of anilines is 1. The van der Waals surface area contributed by atoms with E-state index in [0.29, 0.717) is 25.7 Å². The molecule has 1 atom stereocenters. The summed E-state index contributed by atoms with van der Waals surface area (Å²) in [7, 11) is 0. The minimum Gasteiger partial charge on any atom is -0.337 e. The van der Waals surface area contributed by atoms with Crippen molar-refractivity contribution < 1.29 is 14.1 Å². The van der Waals surface area contributed by atoms with Crippen LogP contribution in [0.3, 0.4) is 0 Å². The highest BCUT2D eigenvalue weighted by molar-refractivity contribution is 5.77. The van der Waals surface area contributed by atoms with Gasteiger partial charge >= 0.3 is 0 Å². The van der Waals surface area contributed by atoms with E-state index in [9.17, 15) is 9.18 Å². The number of hydrogen-bond acceptors (Lipinski definition) is 4. The van der Waals surface area contributed by atoms with Crippen LogP contribution in [-0.2, 0) is 11.3 Å².